The largest absolute Gasteiger partial charge is 0.496 e. The van der Waals surface area contributed by atoms with Crippen LogP contribution in [-0.2, 0) is 0 Å². The molecule has 0 bridgehead atoms. The first-order valence-electron chi connectivity index (χ1n) is 9.57. The molecule has 1 amide bonds. The lowest BCUT2D eigenvalue weighted by Gasteiger charge is -2.10. The van der Waals surface area contributed by atoms with E-state index < -0.39 is 0 Å². The average Bonchev–Trinajstić information content (AvgIpc) is 3.31. The van der Waals surface area contributed by atoms with Gasteiger partial charge in [-0.25, -0.2) is 9.97 Å². The highest BCUT2D eigenvalue weighted by molar-refractivity contribution is 7.98. The summed E-state index contributed by atoms with van der Waals surface area (Å²) in [5.41, 5.74) is 4.60. The summed E-state index contributed by atoms with van der Waals surface area (Å²) < 4.78 is 5.54. The minimum absolute atomic E-state index is 0.248. The summed E-state index contributed by atoms with van der Waals surface area (Å²) in [6.07, 6.45) is 3.55. The lowest BCUT2D eigenvalue weighted by molar-refractivity contribution is 0.102. The number of nitriles is 1. The number of carbonyl (C=O) groups excluding carboxylic acids is 1. The predicted molar refractivity (Wildman–Crippen MR) is 128 cm³/mol. The number of benzene rings is 2. The van der Waals surface area contributed by atoms with Crippen molar-refractivity contribution in [3.8, 4) is 34.2 Å². The van der Waals surface area contributed by atoms with Crippen LogP contribution >= 0.6 is 23.1 Å². The van der Waals surface area contributed by atoms with E-state index in [4.69, 9.17) is 10.00 Å². The van der Waals surface area contributed by atoms with Crippen LogP contribution in [0.2, 0.25) is 0 Å². The third kappa shape index (κ3) is 4.49. The van der Waals surface area contributed by atoms with Crippen molar-refractivity contribution in [2.45, 2.75) is 5.03 Å². The minimum Gasteiger partial charge on any atom is -0.496 e. The molecular formula is C24H18N4O2S2. The van der Waals surface area contributed by atoms with Gasteiger partial charge in [0.1, 0.15) is 10.8 Å². The van der Waals surface area contributed by atoms with E-state index >= 15 is 0 Å². The maximum atomic E-state index is 12.7. The summed E-state index contributed by atoms with van der Waals surface area (Å²) in [7, 11) is 1.61. The van der Waals surface area contributed by atoms with Gasteiger partial charge in [-0.3, -0.25) is 10.1 Å². The fraction of sp³-hybridized carbons (Fsp3) is 0.0833. The fourth-order valence-corrected chi connectivity index (χ4v) is 4.42. The van der Waals surface area contributed by atoms with Crippen molar-refractivity contribution >= 4 is 34.1 Å². The maximum absolute atomic E-state index is 12.7. The summed E-state index contributed by atoms with van der Waals surface area (Å²) >= 11 is 2.76. The van der Waals surface area contributed by atoms with Gasteiger partial charge in [0.2, 0.25) is 0 Å². The number of thiazole rings is 1. The Kier molecular flexibility index (Phi) is 6.50. The maximum Gasteiger partial charge on any atom is 0.260 e. The molecule has 4 rings (SSSR count). The average molecular weight is 459 g/mol. The van der Waals surface area contributed by atoms with Gasteiger partial charge in [0.25, 0.3) is 5.91 Å². The van der Waals surface area contributed by atoms with Crippen LogP contribution in [0.25, 0.3) is 22.4 Å². The number of methoxy groups -OCH3 is 1. The van der Waals surface area contributed by atoms with E-state index in [1.165, 1.54) is 23.1 Å². The number of nitrogens with one attached hydrogen (secondary N) is 1. The Labute approximate surface area is 193 Å². The van der Waals surface area contributed by atoms with Gasteiger partial charge in [0.05, 0.1) is 30.0 Å². The summed E-state index contributed by atoms with van der Waals surface area (Å²) in [5.74, 6) is 0.434. The molecule has 2 heterocycles. The molecule has 0 atom stereocenters. The van der Waals surface area contributed by atoms with Gasteiger partial charge >= 0.3 is 0 Å². The third-order valence-corrected chi connectivity index (χ3v) is 6.23. The lowest BCUT2D eigenvalue weighted by Crippen LogP contribution is -2.13. The van der Waals surface area contributed by atoms with E-state index in [0.717, 1.165) is 16.7 Å². The molecule has 0 saturated heterocycles. The number of ether oxygens (including phenoxy) is 1. The molecule has 0 fully saturated rings. The van der Waals surface area contributed by atoms with E-state index in [0.29, 0.717) is 32.7 Å². The highest BCUT2D eigenvalue weighted by atomic mass is 32.2. The van der Waals surface area contributed by atoms with E-state index in [-0.39, 0.29) is 5.91 Å². The van der Waals surface area contributed by atoms with Crippen LogP contribution in [0.1, 0.15) is 15.9 Å². The second-order valence-electron chi connectivity index (χ2n) is 6.66. The molecule has 2 aromatic carbocycles. The highest BCUT2D eigenvalue weighted by Crippen LogP contribution is 2.36. The zero-order valence-electron chi connectivity index (χ0n) is 17.3. The fourth-order valence-electron chi connectivity index (χ4n) is 3.17. The molecule has 4 aromatic rings. The van der Waals surface area contributed by atoms with Crippen molar-refractivity contribution in [2.24, 2.45) is 0 Å². The van der Waals surface area contributed by atoms with Gasteiger partial charge in [-0.2, -0.15) is 5.26 Å². The number of thioether (sulfide) groups is 1. The summed E-state index contributed by atoms with van der Waals surface area (Å²) in [5, 5.41) is 14.9. The van der Waals surface area contributed by atoms with E-state index in [1.54, 1.807) is 37.6 Å². The molecule has 2 aromatic heterocycles. The zero-order valence-corrected chi connectivity index (χ0v) is 19.0. The molecule has 0 aliphatic carbocycles. The lowest BCUT2D eigenvalue weighted by atomic mass is 10.0. The Bertz CT molecular complexity index is 1310. The molecule has 0 spiro atoms. The summed E-state index contributed by atoms with van der Waals surface area (Å²) in [6, 6.07) is 18.9. The normalized spacial score (nSPS) is 10.4. The van der Waals surface area contributed by atoms with E-state index in [1.807, 2.05) is 42.0 Å². The summed E-state index contributed by atoms with van der Waals surface area (Å²) in [4.78, 5) is 21.6. The third-order valence-electron chi connectivity index (χ3n) is 4.76. The number of hydrogen-bond donors (Lipinski definition) is 1. The monoisotopic (exact) mass is 458 g/mol. The Morgan fingerprint density at radius 2 is 1.94 bits per heavy atom. The molecule has 0 saturated carbocycles. The quantitative estimate of drug-likeness (QED) is 0.372. The van der Waals surface area contributed by atoms with Crippen LogP contribution in [0.5, 0.6) is 5.75 Å². The Morgan fingerprint density at radius 1 is 1.16 bits per heavy atom. The first-order chi connectivity index (χ1) is 15.6. The molecule has 8 heteroatoms. The number of amides is 1. The topological polar surface area (TPSA) is 87.9 Å². The van der Waals surface area contributed by atoms with Crippen molar-refractivity contribution in [1.82, 2.24) is 9.97 Å². The first-order valence-corrected chi connectivity index (χ1v) is 11.7. The standard InChI is InChI=1S/C24H18N4O2S2/c1-30-21-10-9-17(16-7-5-15(13-25)6-8-16)12-19(21)20-14-32-24(27-20)28-22(29)18-4-3-11-26-23(18)31-2/h3-12,14H,1-2H3,(H,27,28,29). The number of pyridine rings is 1. The number of anilines is 1. The number of nitrogens with zero attached hydrogens (tertiary/aromatic N) is 3. The van der Waals surface area contributed by atoms with Crippen LogP contribution in [0.3, 0.4) is 0 Å². The van der Waals surface area contributed by atoms with Crippen molar-refractivity contribution < 1.29 is 9.53 Å². The number of carbonyl (C=O) groups is 1. The van der Waals surface area contributed by atoms with Gasteiger partial charge in [-0.1, -0.05) is 18.2 Å². The molecule has 6 nitrogen and oxygen atoms in total. The number of aromatic nitrogens is 2. The van der Waals surface area contributed by atoms with Crippen LogP contribution in [0.4, 0.5) is 5.13 Å². The molecule has 32 heavy (non-hydrogen) atoms. The second-order valence-corrected chi connectivity index (χ2v) is 8.31. The first kappa shape index (κ1) is 21.6. The molecular weight excluding hydrogens is 440 g/mol. The van der Waals surface area contributed by atoms with Crippen LogP contribution in [0.15, 0.2) is 71.2 Å². The molecule has 0 aliphatic heterocycles. The number of hydrogen-bond acceptors (Lipinski definition) is 7. The Balaban J connectivity index is 1.63. The van der Waals surface area contributed by atoms with Crippen molar-refractivity contribution in [2.75, 3.05) is 18.7 Å². The number of rotatable bonds is 6. The highest BCUT2D eigenvalue weighted by Gasteiger charge is 2.16. The van der Waals surface area contributed by atoms with Gasteiger partial charge in [0, 0.05) is 17.1 Å². The predicted octanol–water partition coefficient (Wildman–Crippen LogP) is 5.73. The molecule has 0 unspecified atom stereocenters. The second kappa shape index (κ2) is 9.64. The zero-order chi connectivity index (χ0) is 22.5. The Morgan fingerprint density at radius 3 is 2.66 bits per heavy atom. The summed E-state index contributed by atoms with van der Waals surface area (Å²) in [6.45, 7) is 0. The van der Waals surface area contributed by atoms with Crippen molar-refractivity contribution in [1.29, 1.82) is 5.26 Å². The van der Waals surface area contributed by atoms with Crippen LogP contribution < -0.4 is 10.1 Å². The van der Waals surface area contributed by atoms with E-state index in [9.17, 15) is 4.79 Å². The van der Waals surface area contributed by atoms with Gasteiger partial charge in [-0.05, 0) is 53.8 Å². The molecule has 0 radical (unpaired) electrons. The van der Waals surface area contributed by atoms with Crippen LogP contribution in [-0.4, -0.2) is 29.2 Å². The van der Waals surface area contributed by atoms with Gasteiger partial charge in [-0.15, -0.1) is 23.1 Å². The SMILES string of the molecule is COc1ccc(-c2ccc(C#N)cc2)cc1-c1csc(NC(=O)c2cccnc2SC)n1. The van der Waals surface area contributed by atoms with Crippen LogP contribution in [0, 0.1) is 11.3 Å². The molecule has 158 valence electrons. The van der Waals surface area contributed by atoms with E-state index in [2.05, 4.69) is 21.4 Å². The van der Waals surface area contributed by atoms with Gasteiger partial charge < -0.3 is 4.74 Å². The van der Waals surface area contributed by atoms with Crippen molar-refractivity contribution in [3.63, 3.8) is 0 Å². The Hall–Kier alpha value is -3.67. The van der Waals surface area contributed by atoms with Gasteiger partial charge in [0.15, 0.2) is 5.13 Å². The molecule has 1 N–H and O–H groups in total. The smallest absolute Gasteiger partial charge is 0.260 e. The molecule has 0 aliphatic rings. The minimum atomic E-state index is -0.248. The van der Waals surface area contributed by atoms with Crippen molar-refractivity contribution in [3.05, 3.63) is 77.3 Å².